The molecule has 3 rings (SSSR count). The first-order valence-corrected chi connectivity index (χ1v) is 8.31. The van der Waals surface area contributed by atoms with Gasteiger partial charge < -0.3 is 15.3 Å². The number of nitrogens with two attached hydrogens (primary N) is 1. The predicted molar refractivity (Wildman–Crippen MR) is 102 cm³/mol. The van der Waals surface area contributed by atoms with E-state index in [0.717, 1.165) is 11.1 Å². The average molecular weight is 358 g/mol. The topological polar surface area (TPSA) is 93.5 Å². The number of nitriles is 1. The number of nitrogens with zero attached hydrogens (tertiary/aromatic N) is 3. The zero-order chi connectivity index (χ0) is 18.9. The Morgan fingerprint density at radius 1 is 1.04 bits per heavy atom. The molecule has 2 N–H and O–H groups in total. The van der Waals surface area contributed by atoms with Gasteiger partial charge in [-0.15, -0.1) is 0 Å². The van der Waals surface area contributed by atoms with E-state index in [9.17, 15) is 0 Å². The molecule has 0 unspecified atom stereocenters. The van der Waals surface area contributed by atoms with E-state index in [1.807, 2.05) is 42.5 Å². The largest absolute Gasteiger partial charge is 0.489 e. The maximum atomic E-state index is 8.80. The quantitative estimate of drug-likeness (QED) is 0.397. The van der Waals surface area contributed by atoms with Crippen molar-refractivity contribution in [2.75, 3.05) is 0 Å². The highest BCUT2D eigenvalue weighted by atomic mass is 16.6. The monoisotopic (exact) mass is 358 g/mol. The van der Waals surface area contributed by atoms with Gasteiger partial charge in [-0.1, -0.05) is 35.5 Å². The van der Waals surface area contributed by atoms with Crippen molar-refractivity contribution in [2.24, 2.45) is 10.9 Å². The number of oxime groups is 1. The van der Waals surface area contributed by atoms with E-state index in [1.54, 1.807) is 30.6 Å². The minimum Gasteiger partial charge on any atom is -0.489 e. The molecular formula is C21H18N4O2. The van der Waals surface area contributed by atoms with E-state index >= 15 is 0 Å². The second kappa shape index (κ2) is 9.02. The van der Waals surface area contributed by atoms with Crippen LogP contribution in [-0.4, -0.2) is 10.8 Å². The summed E-state index contributed by atoms with van der Waals surface area (Å²) in [7, 11) is 0. The van der Waals surface area contributed by atoms with Crippen LogP contribution in [0.3, 0.4) is 0 Å². The van der Waals surface area contributed by atoms with Gasteiger partial charge in [0.25, 0.3) is 0 Å². The molecular weight excluding hydrogens is 340 g/mol. The fraction of sp³-hybridized carbons (Fsp3) is 0.0952. The maximum absolute atomic E-state index is 8.80. The van der Waals surface area contributed by atoms with Crippen LogP contribution in [0.15, 0.2) is 78.2 Å². The molecule has 6 heteroatoms. The van der Waals surface area contributed by atoms with Crippen molar-refractivity contribution in [3.63, 3.8) is 0 Å². The molecule has 2 aromatic carbocycles. The number of hydrogen-bond donors (Lipinski definition) is 1. The van der Waals surface area contributed by atoms with Gasteiger partial charge in [-0.05, 0) is 35.9 Å². The molecule has 0 aliphatic heterocycles. The highest BCUT2D eigenvalue weighted by Crippen LogP contribution is 2.15. The Hall–Kier alpha value is -3.85. The van der Waals surface area contributed by atoms with Gasteiger partial charge in [0.15, 0.2) is 5.84 Å². The van der Waals surface area contributed by atoms with Gasteiger partial charge in [-0.3, -0.25) is 4.98 Å². The molecule has 0 fully saturated rings. The first-order valence-electron chi connectivity index (χ1n) is 8.31. The van der Waals surface area contributed by atoms with Gasteiger partial charge in [0, 0.05) is 23.5 Å². The lowest BCUT2D eigenvalue weighted by atomic mass is 10.2. The third-order valence-electron chi connectivity index (χ3n) is 3.74. The van der Waals surface area contributed by atoms with Gasteiger partial charge in [-0.25, -0.2) is 0 Å². The second-order valence-corrected chi connectivity index (χ2v) is 5.74. The van der Waals surface area contributed by atoms with Crippen LogP contribution in [0, 0.1) is 11.3 Å². The smallest absolute Gasteiger partial charge is 0.170 e. The van der Waals surface area contributed by atoms with Gasteiger partial charge in [0.2, 0.25) is 0 Å². The summed E-state index contributed by atoms with van der Waals surface area (Å²) in [5.74, 6) is 0.942. The Kier molecular flexibility index (Phi) is 6.00. The fourth-order valence-corrected chi connectivity index (χ4v) is 2.30. The predicted octanol–water partition coefficient (Wildman–Crippen LogP) is 3.37. The standard InChI is InChI=1S/C21H18N4O2/c22-12-16-6-8-17(9-7-16)15-27-25-21(23)19-4-1-5-20(11-19)26-14-18-3-2-10-24-13-18/h1-11,13H,14-15H2,(H2,23,25). The van der Waals surface area contributed by atoms with E-state index in [-0.39, 0.29) is 12.4 Å². The Labute approximate surface area is 157 Å². The number of pyridine rings is 1. The number of amidine groups is 1. The highest BCUT2D eigenvalue weighted by Gasteiger charge is 2.03. The second-order valence-electron chi connectivity index (χ2n) is 5.74. The van der Waals surface area contributed by atoms with Crippen LogP contribution in [0.25, 0.3) is 0 Å². The third kappa shape index (κ3) is 5.31. The minimum absolute atomic E-state index is 0.260. The number of aromatic nitrogens is 1. The summed E-state index contributed by atoms with van der Waals surface area (Å²) >= 11 is 0. The van der Waals surface area contributed by atoms with Crippen LogP contribution in [-0.2, 0) is 18.1 Å². The normalized spacial score (nSPS) is 10.9. The summed E-state index contributed by atoms with van der Waals surface area (Å²) in [5, 5.41) is 12.8. The molecule has 0 atom stereocenters. The molecule has 0 aliphatic carbocycles. The summed E-state index contributed by atoms with van der Waals surface area (Å²) in [6.07, 6.45) is 3.48. The van der Waals surface area contributed by atoms with E-state index in [2.05, 4.69) is 16.2 Å². The van der Waals surface area contributed by atoms with Crippen molar-refractivity contribution in [2.45, 2.75) is 13.2 Å². The molecule has 0 bridgehead atoms. The maximum Gasteiger partial charge on any atom is 0.170 e. The van der Waals surface area contributed by atoms with Crippen LogP contribution in [0.1, 0.15) is 22.3 Å². The summed E-state index contributed by atoms with van der Waals surface area (Å²) in [5.41, 5.74) is 9.19. The van der Waals surface area contributed by atoms with Crippen LogP contribution >= 0.6 is 0 Å². The van der Waals surface area contributed by atoms with Crippen molar-refractivity contribution in [1.29, 1.82) is 5.26 Å². The molecule has 0 saturated heterocycles. The number of hydrogen-bond acceptors (Lipinski definition) is 5. The van der Waals surface area contributed by atoms with Crippen LogP contribution < -0.4 is 10.5 Å². The van der Waals surface area contributed by atoms with Crippen LogP contribution in [0.5, 0.6) is 5.75 Å². The Bertz CT molecular complexity index is 948. The molecule has 0 aliphatic rings. The fourth-order valence-electron chi connectivity index (χ4n) is 2.30. The lowest BCUT2D eigenvalue weighted by Gasteiger charge is -2.08. The molecule has 134 valence electrons. The Morgan fingerprint density at radius 3 is 2.63 bits per heavy atom. The molecule has 0 amide bonds. The summed E-state index contributed by atoms with van der Waals surface area (Å²) in [4.78, 5) is 9.37. The van der Waals surface area contributed by atoms with E-state index in [0.29, 0.717) is 23.5 Å². The lowest BCUT2D eigenvalue weighted by molar-refractivity contribution is 0.130. The molecule has 27 heavy (non-hydrogen) atoms. The number of benzene rings is 2. The van der Waals surface area contributed by atoms with E-state index < -0.39 is 0 Å². The van der Waals surface area contributed by atoms with Crippen LogP contribution in [0.2, 0.25) is 0 Å². The summed E-state index contributed by atoms with van der Waals surface area (Å²) in [6, 6.07) is 20.3. The van der Waals surface area contributed by atoms with Crippen molar-refractivity contribution < 1.29 is 9.57 Å². The lowest BCUT2D eigenvalue weighted by Crippen LogP contribution is -2.14. The van der Waals surface area contributed by atoms with Crippen molar-refractivity contribution in [3.8, 4) is 11.8 Å². The van der Waals surface area contributed by atoms with Crippen molar-refractivity contribution in [3.05, 3.63) is 95.3 Å². The van der Waals surface area contributed by atoms with Crippen molar-refractivity contribution >= 4 is 5.84 Å². The van der Waals surface area contributed by atoms with Gasteiger partial charge in [-0.2, -0.15) is 5.26 Å². The van der Waals surface area contributed by atoms with Gasteiger partial charge in [0.1, 0.15) is 19.0 Å². The molecule has 0 radical (unpaired) electrons. The SMILES string of the molecule is N#Cc1ccc(CON=C(N)c2cccc(OCc3cccnc3)c2)cc1. The number of ether oxygens (including phenoxy) is 1. The molecule has 0 spiro atoms. The molecule has 3 aromatic rings. The number of rotatable bonds is 7. The summed E-state index contributed by atoms with van der Waals surface area (Å²) < 4.78 is 5.76. The van der Waals surface area contributed by atoms with E-state index in [4.69, 9.17) is 20.6 Å². The molecule has 6 nitrogen and oxygen atoms in total. The first kappa shape index (κ1) is 18.0. The first-order chi connectivity index (χ1) is 13.2. The summed E-state index contributed by atoms with van der Waals surface area (Å²) in [6.45, 7) is 0.688. The molecule has 0 saturated carbocycles. The average Bonchev–Trinajstić information content (AvgIpc) is 2.73. The highest BCUT2D eigenvalue weighted by molar-refractivity contribution is 5.97. The zero-order valence-corrected chi connectivity index (χ0v) is 14.6. The Morgan fingerprint density at radius 2 is 1.89 bits per heavy atom. The molecule has 1 heterocycles. The Balaban J connectivity index is 1.57. The van der Waals surface area contributed by atoms with E-state index in [1.165, 1.54) is 0 Å². The molecule has 1 aromatic heterocycles. The van der Waals surface area contributed by atoms with Crippen LogP contribution in [0.4, 0.5) is 0 Å². The zero-order valence-electron chi connectivity index (χ0n) is 14.6. The third-order valence-corrected chi connectivity index (χ3v) is 3.74. The van der Waals surface area contributed by atoms with Gasteiger partial charge >= 0.3 is 0 Å². The van der Waals surface area contributed by atoms with Crippen molar-refractivity contribution in [1.82, 2.24) is 4.98 Å². The van der Waals surface area contributed by atoms with Gasteiger partial charge in [0.05, 0.1) is 11.6 Å². The minimum atomic E-state index is 0.260.